The molecule has 2 aliphatic carbocycles. The van der Waals surface area contributed by atoms with Crippen LogP contribution in [0.1, 0.15) is 31.1 Å². The van der Waals surface area contributed by atoms with E-state index in [2.05, 4.69) is 10.1 Å². The molecule has 20 heavy (non-hydrogen) atoms. The summed E-state index contributed by atoms with van der Waals surface area (Å²) in [7, 11) is 0. The van der Waals surface area contributed by atoms with Gasteiger partial charge in [0, 0.05) is 11.6 Å². The van der Waals surface area contributed by atoms with Crippen molar-refractivity contribution in [1.82, 2.24) is 10.1 Å². The van der Waals surface area contributed by atoms with Gasteiger partial charge in [-0.05, 0) is 43.2 Å². The first-order valence-corrected chi connectivity index (χ1v) is 7.07. The lowest BCUT2D eigenvalue weighted by atomic mass is 9.85. The molecule has 1 aromatic carbocycles. The van der Waals surface area contributed by atoms with Crippen LogP contribution in [0, 0.1) is 17.7 Å². The highest BCUT2D eigenvalue weighted by Gasteiger charge is 2.48. The number of nitrogens with zero attached hydrogens (tertiary/aromatic N) is 2. The highest BCUT2D eigenvalue weighted by molar-refractivity contribution is 5.54. The molecule has 1 aromatic heterocycles. The number of hydrogen-bond acceptors (Lipinski definition) is 4. The monoisotopic (exact) mass is 273 g/mol. The second kappa shape index (κ2) is 4.38. The van der Waals surface area contributed by atoms with Gasteiger partial charge in [0.25, 0.3) is 0 Å². The van der Waals surface area contributed by atoms with Gasteiger partial charge in [-0.3, -0.25) is 0 Å². The number of hydrogen-bond donors (Lipinski definition) is 1. The van der Waals surface area contributed by atoms with Crippen molar-refractivity contribution in [2.24, 2.45) is 17.6 Å². The number of nitrogens with two attached hydrogens (primary N) is 1. The van der Waals surface area contributed by atoms with E-state index in [-0.39, 0.29) is 17.8 Å². The summed E-state index contributed by atoms with van der Waals surface area (Å²) >= 11 is 0. The third-order valence-corrected chi connectivity index (χ3v) is 4.79. The van der Waals surface area contributed by atoms with Gasteiger partial charge in [0.05, 0.1) is 5.92 Å². The van der Waals surface area contributed by atoms with E-state index in [1.165, 1.54) is 31.4 Å². The molecule has 2 fully saturated rings. The van der Waals surface area contributed by atoms with Gasteiger partial charge in [0.1, 0.15) is 5.82 Å². The van der Waals surface area contributed by atoms with Gasteiger partial charge in [0.2, 0.25) is 11.7 Å². The average molecular weight is 273 g/mol. The Morgan fingerprint density at radius 2 is 2.10 bits per heavy atom. The second-order valence-electron chi connectivity index (χ2n) is 5.90. The molecule has 5 heteroatoms. The quantitative estimate of drug-likeness (QED) is 0.913. The number of aromatic nitrogens is 2. The molecule has 0 aliphatic heterocycles. The molecule has 2 N–H and O–H groups in total. The number of rotatable bonds is 2. The van der Waals surface area contributed by atoms with Gasteiger partial charge >= 0.3 is 0 Å². The van der Waals surface area contributed by atoms with Crippen LogP contribution in [-0.4, -0.2) is 16.2 Å². The van der Waals surface area contributed by atoms with Crippen LogP contribution in [0.4, 0.5) is 4.39 Å². The van der Waals surface area contributed by atoms with Gasteiger partial charge in [-0.1, -0.05) is 17.3 Å². The van der Waals surface area contributed by atoms with E-state index in [0.29, 0.717) is 29.1 Å². The smallest absolute Gasteiger partial charge is 0.231 e. The molecule has 2 bridgehead atoms. The summed E-state index contributed by atoms with van der Waals surface area (Å²) < 4.78 is 18.6. The molecule has 2 aromatic rings. The predicted molar refractivity (Wildman–Crippen MR) is 71.2 cm³/mol. The van der Waals surface area contributed by atoms with Gasteiger partial charge < -0.3 is 10.3 Å². The van der Waals surface area contributed by atoms with Crippen LogP contribution in [0.15, 0.2) is 28.8 Å². The molecule has 0 radical (unpaired) electrons. The maximum absolute atomic E-state index is 13.2. The van der Waals surface area contributed by atoms with E-state index in [9.17, 15) is 4.39 Å². The molecule has 0 saturated heterocycles. The van der Waals surface area contributed by atoms with Crippen LogP contribution in [0.3, 0.4) is 0 Å². The van der Waals surface area contributed by atoms with E-state index < -0.39 is 0 Å². The summed E-state index contributed by atoms with van der Waals surface area (Å²) in [6.07, 6.45) is 3.58. The van der Waals surface area contributed by atoms with Crippen LogP contribution in [-0.2, 0) is 0 Å². The lowest BCUT2D eigenvalue weighted by Gasteiger charge is -2.24. The lowest BCUT2D eigenvalue weighted by Crippen LogP contribution is -2.34. The Balaban J connectivity index is 1.66. The van der Waals surface area contributed by atoms with Crippen molar-refractivity contribution in [3.05, 3.63) is 36.0 Å². The molecule has 2 aliphatic rings. The molecule has 4 rings (SSSR count). The van der Waals surface area contributed by atoms with Crippen molar-refractivity contribution < 1.29 is 8.91 Å². The summed E-state index contributed by atoms with van der Waals surface area (Å²) in [6, 6.07) is 6.35. The molecule has 4 nitrogen and oxygen atoms in total. The van der Waals surface area contributed by atoms with Gasteiger partial charge in [-0.2, -0.15) is 4.98 Å². The Kier molecular flexibility index (Phi) is 2.63. The van der Waals surface area contributed by atoms with Crippen molar-refractivity contribution in [1.29, 1.82) is 0 Å². The van der Waals surface area contributed by atoms with Crippen LogP contribution in [0.5, 0.6) is 0 Å². The molecule has 2 saturated carbocycles. The summed E-state index contributed by atoms with van der Waals surface area (Å²) in [5.74, 6) is 2.08. The Morgan fingerprint density at radius 3 is 2.85 bits per heavy atom. The zero-order valence-corrected chi connectivity index (χ0v) is 11.0. The maximum Gasteiger partial charge on any atom is 0.231 e. The fourth-order valence-electron chi connectivity index (χ4n) is 3.82. The Morgan fingerprint density at radius 1 is 1.25 bits per heavy atom. The molecule has 4 unspecified atom stereocenters. The number of fused-ring (bicyclic) bond motifs is 2. The summed E-state index contributed by atoms with van der Waals surface area (Å²) in [6.45, 7) is 0. The first-order valence-electron chi connectivity index (χ1n) is 7.07. The van der Waals surface area contributed by atoms with Gasteiger partial charge in [-0.15, -0.1) is 0 Å². The molecule has 1 heterocycles. The molecule has 0 spiro atoms. The third-order valence-electron chi connectivity index (χ3n) is 4.79. The topological polar surface area (TPSA) is 64.9 Å². The van der Waals surface area contributed by atoms with Crippen LogP contribution in [0.2, 0.25) is 0 Å². The van der Waals surface area contributed by atoms with Gasteiger partial charge in [-0.25, -0.2) is 4.39 Å². The van der Waals surface area contributed by atoms with Crippen LogP contribution in [0.25, 0.3) is 11.4 Å². The Labute approximate surface area is 116 Å². The predicted octanol–water partition coefficient (Wildman–Crippen LogP) is 2.72. The highest BCUT2D eigenvalue weighted by Crippen LogP contribution is 2.51. The van der Waals surface area contributed by atoms with E-state index in [1.54, 1.807) is 12.1 Å². The largest absolute Gasteiger partial charge is 0.339 e. The fourth-order valence-corrected chi connectivity index (χ4v) is 3.82. The molecule has 4 atom stereocenters. The Bertz CT molecular complexity index is 640. The first kappa shape index (κ1) is 12.0. The van der Waals surface area contributed by atoms with Crippen molar-refractivity contribution in [3.63, 3.8) is 0 Å². The third kappa shape index (κ3) is 1.77. The van der Waals surface area contributed by atoms with Crippen molar-refractivity contribution >= 4 is 0 Å². The van der Waals surface area contributed by atoms with E-state index in [1.807, 2.05) is 0 Å². The fraction of sp³-hybridized carbons (Fsp3) is 0.467. The lowest BCUT2D eigenvalue weighted by molar-refractivity contribution is 0.279. The zero-order chi connectivity index (χ0) is 13.7. The van der Waals surface area contributed by atoms with Crippen molar-refractivity contribution in [3.8, 4) is 11.4 Å². The standard InChI is InChI=1S/C15H16FN3O/c16-11-3-1-2-10(7-11)14-18-15(20-19-14)12-8-4-5-9(6-8)13(12)17/h1-3,7-9,12-13H,4-6,17H2. The maximum atomic E-state index is 13.2. The number of benzene rings is 1. The van der Waals surface area contributed by atoms with E-state index in [0.717, 1.165) is 0 Å². The number of halogens is 1. The van der Waals surface area contributed by atoms with Crippen molar-refractivity contribution in [2.75, 3.05) is 0 Å². The molecule has 0 amide bonds. The SMILES string of the molecule is NC1C2CCC(C2)C1c1nc(-c2cccc(F)c2)no1. The van der Waals surface area contributed by atoms with Gasteiger partial charge in [0.15, 0.2) is 0 Å². The summed E-state index contributed by atoms with van der Waals surface area (Å²) in [5, 5.41) is 3.98. The molecular formula is C15H16FN3O. The second-order valence-corrected chi connectivity index (χ2v) is 5.90. The minimum absolute atomic E-state index is 0.120. The molecular weight excluding hydrogens is 257 g/mol. The molecule has 104 valence electrons. The highest BCUT2D eigenvalue weighted by atomic mass is 19.1. The zero-order valence-electron chi connectivity index (χ0n) is 11.0. The average Bonchev–Trinajstić information content (AvgIpc) is 3.13. The van der Waals surface area contributed by atoms with E-state index in [4.69, 9.17) is 10.3 Å². The Hall–Kier alpha value is -1.75. The first-order chi connectivity index (χ1) is 9.72. The van der Waals surface area contributed by atoms with E-state index >= 15 is 0 Å². The van der Waals surface area contributed by atoms with Crippen LogP contribution >= 0.6 is 0 Å². The summed E-state index contributed by atoms with van der Waals surface area (Å²) in [4.78, 5) is 4.45. The minimum atomic E-state index is -0.300. The van der Waals surface area contributed by atoms with Crippen molar-refractivity contribution in [2.45, 2.75) is 31.2 Å². The normalized spacial score (nSPS) is 31.9. The van der Waals surface area contributed by atoms with Crippen LogP contribution < -0.4 is 5.73 Å². The minimum Gasteiger partial charge on any atom is -0.339 e. The summed E-state index contributed by atoms with van der Waals surface area (Å²) in [5.41, 5.74) is 6.92.